The topological polar surface area (TPSA) is 68.6 Å². The summed E-state index contributed by atoms with van der Waals surface area (Å²) >= 11 is 5.64. The van der Waals surface area contributed by atoms with Gasteiger partial charge in [0.25, 0.3) is 5.91 Å². The van der Waals surface area contributed by atoms with Crippen LogP contribution >= 0.6 is 12.2 Å². The number of allylic oxidation sites excluding steroid dienone is 1. The van der Waals surface area contributed by atoms with Crippen LogP contribution in [0.1, 0.15) is 45.2 Å². The van der Waals surface area contributed by atoms with E-state index < -0.39 is 0 Å². The van der Waals surface area contributed by atoms with Crippen molar-refractivity contribution in [3.63, 3.8) is 0 Å². The van der Waals surface area contributed by atoms with E-state index in [-0.39, 0.29) is 18.6 Å². The summed E-state index contributed by atoms with van der Waals surface area (Å²) in [6, 6.07) is 9.52. The lowest BCUT2D eigenvalue weighted by molar-refractivity contribution is -0.127. The monoisotopic (exact) mass is 398 g/mol. The Morgan fingerprint density at radius 3 is 2.50 bits per heavy atom. The molecule has 1 amide bonds. The lowest BCUT2D eigenvalue weighted by Gasteiger charge is -2.39. The van der Waals surface area contributed by atoms with E-state index in [0.717, 1.165) is 29.7 Å². The number of nitrogens with zero attached hydrogens (tertiary/aromatic N) is 3. The number of thiocarbonyl (C=S) groups is 1. The molecule has 0 spiro atoms. The number of hydrogen-bond donors (Lipinski definition) is 1. The lowest BCUT2D eigenvalue weighted by Crippen LogP contribution is -2.50. The average Bonchev–Trinajstić information content (AvgIpc) is 3.52. The summed E-state index contributed by atoms with van der Waals surface area (Å²) in [5, 5.41) is 12.7. The summed E-state index contributed by atoms with van der Waals surface area (Å²) in [6.07, 6.45) is 2.20. The first-order valence-corrected chi connectivity index (χ1v) is 10.1. The maximum absolute atomic E-state index is 13.4. The van der Waals surface area contributed by atoms with Crippen molar-refractivity contribution in [3.8, 4) is 11.8 Å². The fourth-order valence-corrected chi connectivity index (χ4v) is 4.01. The quantitative estimate of drug-likeness (QED) is 0.712. The van der Waals surface area contributed by atoms with Crippen LogP contribution in [0.4, 0.5) is 0 Å². The minimum Gasteiger partial charge on any atom is -0.479 e. The molecular formula is C21H26N4O2S. The van der Waals surface area contributed by atoms with Gasteiger partial charge in [-0.3, -0.25) is 4.79 Å². The molecule has 3 rings (SSSR count). The van der Waals surface area contributed by atoms with Gasteiger partial charge in [0.05, 0.1) is 11.6 Å². The van der Waals surface area contributed by atoms with Crippen LogP contribution in [-0.2, 0) is 4.79 Å². The first-order valence-electron chi connectivity index (χ1n) is 9.71. The molecule has 0 aromatic heterocycles. The number of carbonyl (C=O) groups excluding carboxylic acids is 1. The Bertz CT molecular complexity index is 820. The van der Waals surface area contributed by atoms with Crippen molar-refractivity contribution < 1.29 is 9.53 Å². The number of carbonyl (C=O) groups is 1. The average molecular weight is 399 g/mol. The molecule has 1 saturated carbocycles. The molecule has 148 valence electrons. The fourth-order valence-electron chi connectivity index (χ4n) is 3.61. The highest BCUT2D eigenvalue weighted by Crippen LogP contribution is 2.38. The Labute approximate surface area is 171 Å². The molecule has 1 N–H and O–H groups in total. The highest BCUT2D eigenvalue weighted by molar-refractivity contribution is 7.80. The summed E-state index contributed by atoms with van der Waals surface area (Å²) < 4.78 is 5.34. The van der Waals surface area contributed by atoms with Gasteiger partial charge in [0.15, 0.2) is 11.7 Å². The largest absolute Gasteiger partial charge is 0.479 e. The Kier molecular flexibility index (Phi) is 6.20. The zero-order chi connectivity index (χ0) is 20.3. The number of benzene rings is 1. The molecule has 0 radical (unpaired) electrons. The van der Waals surface area contributed by atoms with Crippen LogP contribution in [0.2, 0.25) is 0 Å². The van der Waals surface area contributed by atoms with Crippen molar-refractivity contribution >= 4 is 23.2 Å². The summed E-state index contributed by atoms with van der Waals surface area (Å²) in [6.45, 7) is 7.31. The maximum Gasteiger partial charge on any atom is 0.253 e. The normalized spacial score (nSPS) is 19.1. The molecule has 1 aliphatic carbocycles. The predicted octanol–water partition coefficient (Wildman–Crippen LogP) is 3.12. The number of likely N-dealkylation sites (N-methyl/N-ethyl adjacent to an activating group) is 1. The first kappa shape index (κ1) is 20.2. The summed E-state index contributed by atoms with van der Waals surface area (Å²) in [4.78, 5) is 17.3. The van der Waals surface area contributed by atoms with Gasteiger partial charge in [0.1, 0.15) is 11.8 Å². The van der Waals surface area contributed by atoms with E-state index in [2.05, 4.69) is 10.2 Å². The van der Waals surface area contributed by atoms with Crippen LogP contribution in [0.3, 0.4) is 0 Å². The van der Waals surface area contributed by atoms with Crippen LogP contribution in [-0.4, -0.2) is 46.6 Å². The third kappa shape index (κ3) is 3.97. The van der Waals surface area contributed by atoms with Crippen molar-refractivity contribution in [2.75, 3.05) is 19.7 Å². The molecule has 0 bridgehead atoms. The second-order valence-electron chi connectivity index (χ2n) is 6.98. The third-order valence-corrected chi connectivity index (χ3v) is 5.55. The summed E-state index contributed by atoms with van der Waals surface area (Å²) in [7, 11) is 0. The van der Waals surface area contributed by atoms with Crippen molar-refractivity contribution in [1.29, 1.82) is 5.26 Å². The van der Waals surface area contributed by atoms with E-state index >= 15 is 0 Å². The number of hydrogen-bond acceptors (Lipinski definition) is 4. The Morgan fingerprint density at radius 1 is 1.32 bits per heavy atom. The first-order chi connectivity index (χ1) is 13.5. The van der Waals surface area contributed by atoms with E-state index in [1.54, 1.807) is 0 Å². The lowest BCUT2D eigenvalue weighted by atomic mass is 9.93. The minimum absolute atomic E-state index is 0.00612. The van der Waals surface area contributed by atoms with Crippen molar-refractivity contribution in [2.45, 2.75) is 45.7 Å². The van der Waals surface area contributed by atoms with Gasteiger partial charge in [-0.15, -0.1) is 0 Å². The predicted molar refractivity (Wildman–Crippen MR) is 112 cm³/mol. The molecule has 6 nitrogen and oxygen atoms in total. The van der Waals surface area contributed by atoms with Crippen molar-refractivity contribution in [3.05, 3.63) is 41.1 Å². The molecule has 1 aliphatic heterocycles. The Hall–Kier alpha value is -2.59. The van der Waals surface area contributed by atoms with Gasteiger partial charge in [-0.25, -0.2) is 0 Å². The van der Waals surface area contributed by atoms with Crippen LogP contribution in [0, 0.1) is 11.3 Å². The van der Waals surface area contributed by atoms with Gasteiger partial charge in [-0.1, -0.05) is 12.1 Å². The molecule has 0 unspecified atom stereocenters. The SMILES string of the molecule is CCN(CC)C(=O)C1=C(C)N(C2CC2)C(=S)N[C@@H]1c1ccc(OCC#N)cc1. The number of ether oxygens (including phenoxy) is 1. The van der Waals surface area contributed by atoms with E-state index in [1.165, 1.54) is 0 Å². The Balaban J connectivity index is 1.99. The molecule has 2 aliphatic rings. The molecule has 28 heavy (non-hydrogen) atoms. The Morgan fingerprint density at radius 2 is 1.96 bits per heavy atom. The van der Waals surface area contributed by atoms with Crippen LogP contribution in [0.15, 0.2) is 35.5 Å². The van der Waals surface area contributed by atoms with E-state index in [0.29, 0.717) is 30.0 Å². The highest BCUT2D eigenvalue weighted by atomic mass is 32.1. The number of rotatable bonds is 7. The molecule has 7 heteroatoms. The maximum atomic E-state index is 13.4. The third-order valence-electron chi connectivity index (χ3n) is 5.24. The minimum atomic E-state index is -0.305. The zero-order valence-corrected chi connectivity index (χ0v) is 17.4. The van der Waals surface area contributed by atoms with Gasteiger partial charge >= 0.3 is 0 Å². The molecule has 1 aromatic rings. The van der Waals surface area contributed by atoms with E-state index in [4.69, 9.17) is 22.2 Å². The standard InChI is InChI=1S/C21H26N4O2S/c1-4-24(5-2)20(26)18-14(3)25(16-8-9-16)21(28)23-19(18)15-6-10-17(11-7-15)27-13-12-22/h6-7,10-11,16,19H,4-5,8-9,13H2,1-3H3,(H,23,28)/t19-/m1/s1. The second-order valence-corrected chi connectivity index (χ2v) is 7.36. The molecule has 0 saturated heterocycles. The smallest absolute Gasteiger partial charge is 0.253 e. The van der Waals surface area contributed by atoms with Crippen LogP contribution < -0.4 is 10.1 Å². The molecule has 1 atom stereocenters. The number of nitriles is 1. The van der Waals surface area contributed by atoms with Gasteiger partial charge in [0.2, 0.25) is 0 Å². The summed E-state index contributed by atoms with van der Waals surface area (Å²) in [5.41, 5.74) is 2.63. The zero-order valence-electron chi connectivity index (χ0n) is 16.6. The number of amides is 1. The van der Waals surface area contributed by atoms with Crippen molar-refractivity contribution in [1.82, 2.24) is 15.1 Å². The molecule has 1 heterocycles. The van der Waals surface area contributed by atoms with Crippen LogP contribution in [0.5, 0.6) is 5.75 Å². The van der Waals surface area contributed by atoms with Gasteiger partial charge in [-0.2, -0.15) is 5.26 Å². The van der Waals surface area contributed by atoms with Crippen LogP contribution in [0.25, 0.3) is 0 Å². The second kappa shape index (κ2) is 8.61. The summed E-state index contributed by atoms with van der Waals surface area (Å²) in [5.74, 6) is 0.665. The van der Waals surface area contributed by atoms with Gasteiger partial charge < -0.3 is 19.9 Å². The van der Waals surface area contributed by atoms with E-state index in [9.17, 15) is 4.79 Å². The highest BCUT2D eigenvalue weighted by Gasteiger charge is 2.41. The van der Waals surface area contributed by atoms with E-state index in [1.807, 2.05) is 56.0 Å². The molecular weight excluding hydrogens is 372 g/mol. The molecule has 1 fully saturated rings. The fraction of sp³-hybridized carbons (Fsp3) is 0.476. The van der Waals surface area contributed by atoms with Gasteiger partial charge in [0, 0.05) is 24.8 Å². The molecule has 1 aromatic carbocycles. The number of nitrogens with one attached hydrogen (secondary N) is 1. The van der Waals surface area contributed by atoms with Crippen molar-refractivity contribution in [2.24, 2.45) is 0 Å². The van der Waals surface area contributed by atoms with Gasteiger partial charge in [-0.05, 0) is 63.5 Å².